The molecule has 2 aromatic carbocycles. The van der Waals surface area contributed by atoms with Gasteiger partial charge in [-0.25, -0.2) is 0 Å². The van der Waals surface area contributed by atoms with E-state index in [9.17, 15) is 0 Å². The molecule has 0 amide bonds. The zero-order valence-corrected chi connectivity index (χ0v) is 41.5. The van der Waals surface area contributed by atoms with Crippen LogP contribution in [0.5, 0.6) is 11.5 Å². The summed E-state index contributed by atoms with van der Waals surface area (Å²) >= 11 is 0. The number of unbranched alkanes of at least 4 members (excludes halogenated alkanes) is 2. The summed E-state index contributed by atoms with van der Waals surface area (Å²) in [6, 6.07) is 10.1. The summed E-state index contributed by atoms with van der Waals surface area (Å²) in [6.07, 6.45) is 17.2. The maximum atomic E-state index is 7.08. The second-order valence-corrected chi connectivity index (χ2v) is 21.9. The van der Waals surface area contributed by atoms with Crippen LogP contribution in [0, 0.1) is 11.8 Å². The molecule has 4 heteroatoms. The van der Waals surface area contributed by atoms with E-state index in [1.807, 2.05) is 0 Å². The summed E-state index contributed by atoms with van der Waals surface area (Å²) in [5.41, 5.74) is 7.71. The zero-order chi connectivity index (χ0) is 43.8. The highest BCUT2D eigenvalue weighted by molar-refractivity contribution is 5.58. The Morgan fingerprint density at radius 3 is 0.983 bits per heavy atom. The van der Waals surface area contributed by atoms with Crippen molar-refractivity contribution in [3.63, 3.8) is 0 Å². The lowest BCUT2D eigenvalue weighted by Gasteiger charge is -2.38. The Bertz CT molecular complexity index is 1410. The predicted molar refractivity (Wildman–Crippen MR) is 253 cm³/mol. The third kappa shape index (κ3) is 12.5. The van der Waals surface area contributed by atoms with E-state index in [0.717, 1.165) is 76.5 Å². The standard InChI is InChI=1S/C55H92O4/c1-17-23-27-39(47-37-58-47)29-25-31-56-49-43(51(7,8)19-3)33-41(34-44(49)52(9,10)20-4)55(15,16)42-35-45(53(11,12)21-5)50(46(36-42)54(13,14)22-6)57-32-26-30-40(28-24-18-2)48-38-59-48/h33-36,39-40,47-48H,17-32,37-38H2,1-16H3. The van der Waals surface area contributed by atoms with Gasteiger partial charge in [-0.3, -0.25) is 0 Å². The summed E-state index contributed by atoms with van der Waals surface area (Å²) < 4.78 is 25.7. The third-order valence-electron chi connectivity index (χ3n) is 15.6. The van der Waals surface area contributed by atoms with Crippen molar-refractivity contribution in [1.82, 2.24) is 0 Å². The molecule has 2 fully saturated rings. The predicted octanol–water partition coefficient (Wildman–Crippen LogP) is 15.5. The Kier molecular flexibility index (Phi) is 17.6. The summed E-state index contributed by atoms with van der Waals surface area (Å²) in [4.78, 5) is 0. The van der Waals surface area contributed by atoms with E-state index in [4.69, 9.17) is 18.9 Å². The lowest BCUT2D eigenvalue weighted by atomic mass is 9.68. The molecule has 0 radical (unpaired) electrons. The van der Waals surface area contributed by atoms with Crippen LogP contribution < -0.4 is 9.47 Å². The van der Waals surface area contributed by atoms with Gasteiger partial charge in [-0.1, -0.05) is 161 Å². The SMILES string of the molecule is CCCCC(CCCOc1c(C(C)(C)CC)cc(C(C)(C)c2cc(C(C)(C)CC)c(OCCCC(CCCC)C3CO3)c(C(C)(C)CC)c2)cc1C(C)(C)CC)C1CO1. The van der Waals surface area contributed by atoms with Crippen molar-refractivity contribution >= 4 is 0 Å². The largest absolute Gasteiger partial charge is 0.493 e. The number of benzene rings is 2. The van der Waals surface area contributed by atoms with E-state index in [2.05, 4.69) is 135 Å². The second-order valence-electron chi connectivity index (χ2n) is 21.9. The average Bonchev–Trinajstić information content (AvgIpc) is 4.15. The number of hydrogen-bond donors (Lipinski definition) is 0. The van der Waals surface area contributed by atoms with Crippen molar-refractivity contribution in [3.8, 4) is 11.5 Å². The van der Waals surface area contributed by atoms with Gasteiger partial charge in [0.15, 0.2) is 0 Å². The van der Waals surface area contributed by atoms with E-state index in [-0.39, 0.29) is 27.1 Å². The molecule has 4 atom stereocenters. The van der Waals surface area contributed by atoms with Crippen molar-refractivity contribution in [2.24, 2.45) is 11.8 Å². The lowest BCUT2D eigenvalue weighted by Crippen LogP contribution is -2.29. The Hall–Kier alpha value is -2.04. The van der Waals surface area contributed by atoms with Crippen molar-refractivity contribution in [2.45, 2.75) is 240 Å². The molecule has 0 bridgehead atoms. The van der Waals surface area contributed by atoms with Crippen LogP contribution in [0.3, 0.4) is 0 Å². The maximum Gasteiger partial charge on any atom is 0.126 e. The van der Waals surface area contributed by atoms with Crippen LogP contribution in [0.15, 0.2) is 24.3 Å². The molecule has 2 aliphatic heterocycles. The molecule has 2 aliphatic rings. The molecule has 0 aliphatic carbocycles. The van der Waals surface area contributed by atoms with Gasteiger partial charge in [0, 0.05) is 27.7 Å². The minimum atomic E-state index is -0.265. The van der Waals surface area contributed by atoms with Crippen LogP contribution in [-0.2, 0) is 36.5 Å². The van der Waals surface area contributed by atoms with Gasteiger partial charge >= 0.3 is 0 Å². The Morgan fingerprint density at radius 2 is 0.746 bits per heavy atom. The first-order valence-electron chi connectivity index (χ1n) is 24.6. The molecule has 2 heterocycles. The molecule has 336 valence electrons. The first kappa shape index (κ1) is 49.6. The van der Waals surface area contributed by atoms with Gasteiger partial charge in [0.05, 0.1) is 38.6 Å². The minimum absolute atomic E-state index is 0.0465. The molecule has 0 aromatic heterocycles. The van der Waals surface area contributed by atoms with Crippen molar-refractivity contribution < 1.29 is 18.9 Å². The van der Waals surface area contributed by atoms with Gasteiger partial charge in [0.1, 0.15) is 11.5 Å². The first-order chi connectivity index (χ1) is 27.7. The van der Waals surface area contributed by atoms with E-state index < -0.39 is 0 Å². The summed E-state index contributed by atoms with van der Waals surface area (Å²) in [5, 5.41) is 0. The van der Waals surface area contributed by atoms with Gasteiger partial charge in [-0.2, -0.15) is 0 Å². The number of hydrogen-bond acceptors (Lipinski definition) is 4. The monoisotopic (exact) mass is 817 g/mol. The fourth-order valence-corrected chi connectivity index (χ4v) is 8.89. The van der Waals surface area contributed by atoms with Crippen LogP contribution in [0.4, 0.5) is 0 Å². The van der Waals surface area contributed by atoms with Crippen LogP contribution >= 0.6 is 0 Å². The molecular weight excluding hydrogens is 725 g/mol. The van der Waals surface area contributed by atoms with Gasteiger partial charge in [-0.15, -0.1) is 0 Å². The van der Waals surface area contributed by atoms with E-state index in [0.29, 0.717) is 24.0 Å². The number of epoxide rings is 2. The highest BCUT2D eigenvalue weighted by atomic mass is 16.6. The molecule has 4 rings (SSSR count). The lowest BCUT2D eigenvalue weighted by molar-refractivity contribution is 0.249. The number of rotatable bonds is 28. The second kappa shape index (κ2) is 20.9. The first-order valence-corrected chi connectivity index (χ1v) is 24.6. The average molecular weight is 817 g/mol. The Labute approximate surface area is 365 Å². The minimum Gasteiger partial charge on any atom is -0.493 e. The van der Waals surface area contributed by atoms with Gasteiger partial charge < -0.3 is 18.9 Å². The molecular formula is C55H92O4. The molecule has 2 saturated heterocycles. The molecule has 4 nitrogen and oxygen atoms in total. The van der Waals surface area contributed by atoms with Crippen LogP contribution in [-0.4, -0.2) is 38.6 Å². The highest BCUT2D eigenvalue weighted by Gasteiger charge is 2.38. The van der Waals surface area contributed by atoms with Crippen molar-refractivity contribution in [1.29, 1.82) is 0 Å². The molecule has 2 aromatic rings. The van der Waals surface area contributed by atoms with Crippen molar-refractivity contribution in [2.75, 3.05) is 26.4 Å². The van der Waals surface area contributed by atoms with Gasteiger partial charge in [-0.05, 0) is 109 Å². The highest BCUT2D eigenvalue weighted by Crippen LogP contribution is 2.50. The Balaban J connectivity index is 1.80. The zero-order valence-electron chi connectivity index (χ0n) is 41.5. The van der Waals surface area contributed by atoms with Crippen LogP contribution in [0.2, 0.25) is 0 Å². The maximum absolute atomic E-state index is 7.08. The molecule has 0 saturated carbocycles. The molecule has 0 N–H and O–H groups in total. The van der Waals surface area contributed by atoms with E-state index in [1.165, 1.54) is 84.7 Å². The van der Waals surface area contributed by atoms with Crippen LogP contribution in [0.1, 0.15) is 234 Å². The fraction of sp³-hybridized carbons (Fsp3) is 0.782. The smallest absolute Gasteiger partial charge is 0.126 e. The van der Waals surface area contributed by atoms with E-state index in [1.54, 1.807) is 0 Å². The molecule has 4 unspecified atom stereocenters. The quantitative estimate of drug-likeness (QED) is 0.0634. The summed E-state index contributed by atoms with van der Waals surface area (Å²) in [5.74, 6) is 3.58. The van der Waals surface area contributed by atoms with Gasteiger partial charge in [0.25, 0.3) is 0 Å². The van der Waals surface area contributed by atoms with Crippen molar-refractivity contribution in [3.05, 3.63) is 57.6 Å². The summed E-state index contributed by atoms with van der Waals surface area (Å²) in [7, 11) is 0. The fourth-order valence-electron chi connectivity index (χ4n) is 8.89. The third-order valence-corrected chi connectivity index (χ3v) is 15.6. The molecule has 0 spiro atoms. The summed E-state index contributed by atoms with van der Waals surface area (Å²) in [6.45, 7) is 41.6. The van der Waals surface area contributed by atoms with Crippen LogP contribution in [0.25, 0.3) is 0 Å². The normalized spacial score (nSPS) is 18.5. The Morgan fingerprint density at radius 1 is 0.475 bits per heavy atom. The number of ether oxygens (including phenoxy) is 4. The topological polar surface area (TPSA) is 43.5 Å². The van der Waals surface area contributed by atoms with Gasteiger partial charge in [0.2, 0.25) is 0 Å². The van der Waals surface area contributed by atoms with E-state index >= 15 is 0 Å². The molecule has 59 heavy (non-hydrogen) atoms.